The fourth-order valence-electron chi connectivity index (χ4n) is 5.04. The summed E-state index contributed by atoms with van der Waals surface area (Å²) in [6, 6.07) is 16.7. The van der Waals surface area contributed by atoms with Crippen LogP contribution in [-0.4, -0.2) is 67.4 Å². The highest BCUT2D eigenvalue weighted by Gasteiger charge is 2.46. The van der Waals surface area contributed by atoms with Crippen molar-refractivity contribution in [3.8, 4) is 16.9 Å². The first-order chi connectivity index (χ1) is 18.9. The number of methoxy groups -OCH3 is 1. The normalized spacial score (nSPS) is 18.3. The summed E-state index contributed by atoms with van der Waals surface area (Å²) in [6.45, 7) is 1.89. The number of hydrogen-bond acceptors (Lipinski definition) is 5. The van der Waals surface area contributed by atoms with Crippen LogP contribution >= 0.6 is 23.2 Å². The van der Waals surface area contributed by atoms with Crippen molar-refractivity contribution in [2.24, 2.45) is 5.92 Å². The van der Waals surface area contributed by atoms with E-state index >= 15 is 0 Å². The Morgan fingerprint density at radius 1 is 1.07 bits per heavy atom. The molecule has 0 saturated carbocycles. The molecule has 3 aromatic carbocycles. The number of nitrogens with zero attached hydrogens (tertiary/aromatic N) is 2. The highest BCUT2D eigenvalue weighted by Crippen LogP contribution is 2.34. The molecule has 1 aliphatic rings. The summed E-state index contributed by atoms with van der Waals surface area (Å²) in [7, 11) is -1.13. The topological polar surface area (TPSA) is 104 Å². The van der Waals surface area contributed by atoms with Gasteiger partial charge in [0.15, 0.2) is 0 Å². The van der Waals surface area contributed by atoms with Gasteiger partial charge in [0.05, 0.1) is 12.0 Å². The molecule has 1 fully saturated rings. The molecule has 0 aliphatic carbocycles. The second-order valence-electron chi connectivity index (χ2n) is 9.84. The third-order valence-corrected chi connectivity index (χ3v) is 9.55. The number of hydrogen-bond donors (Lipinski definition) is 1. The molecule has 1 amide bonds. The standard InChI is InChI=1S/C29H30Cl2N2O6S/c1-18-12-13-33(40(37,38)23-16-21(30)15-22(31)17-23)27(18)28(34)32(2)25(29(35)36)14-19-8-10-20(11-9-19)24-6-4-5-7-26(24)39-3/h4-11,15-18,25,27H,12-14H2,1-3H3,(H,35,36)/t18-,25?,27?/m0/s1. The van der Waals surface area contributed by atoms with Gasteiger partial charge in [-0.1, -0.05) is 72.6 Å². The highest BCUT2D eigenvalue weighted by atomic mass is 35.5. The number of aliphatic carboxylic acids is 1. The SMILES string of the molecule is COc1ccccc1-c1ccc(CC(C(=O)O)N(C)C(=O)C2[C@@H](C)CCN2S(=O)(=O)c2cc(Cl)cc(Cl)c2)cc1. The zero-order chi connectivity index (χ0) is 29.2. The van der Waals surface area contributed by atoms with Crippen molar-refractivity contribution >= 4 is 45.1 Å². The van der Waals surface area contributed by atoms with Crippen molar-refractivity contribution in [1.29, 1.82) is 0 Å². The van der Waals surface area contributed by atoms with Crippen LogP contribution in [0.1, 0.15) is 18.9 Å². The quantitative estimate of drug-likeness (QED) is 0.359. The van der Waals surface area contributed by atoms with Gasteiger partial charge < -0.3 is 14.7 Å². The molecule has 3 aromatic rings. The summed E-state index contributed by atoms with van der Waals surface area (Å²) in [5.41, 5.74) is 2.51. The number of carbonyl (C=O) groups is 2. The van der Waals surface area contributed by atoms with Gasteiger partial charge in [0.1, 0.15) is 17.8 Å². The number of halogens is 2. The summed E-state index contributed by atoms with van der Waals surface area (Å²) in [5.74, 6) is -1.38. The number of amides is 1. The fourth-order valence-corrected chi connectivity index (χ4v) is 7.46. The van der Waals surface area contributed by atoms with Crippen LogP contribution in [0.3, 0.4) is 0 Å². The molecular weight excluding hydrogens is 575 g/mol. The van der Waals surface area contributed by atoms with Crippen LogP contribution in [0.15, 0.2) is 71.6 Å². The van der Waals surface area contributed by atoms with E-state index in [1.165, 1.54) is 25.2 Å². The second kappa shape index (κ2) is 12.2. The molecule has 1 N–H and O–H groups in total. The van der Waals surface area contributed by atoms with E-state index in [2.05, 4.69) is 0 Å². The van der Waals surface area contributed by atoms with Crippen molar-refractivity contribution in [2.45, 2.75) is 36.7 Å². The molecule has 40 heavy (non-hydrogen) atoms. The van der Waals surface area contributed by atoms with E-state index in [1.54, 1.807) is 14.0 Å². The van der Waals surface area contributed by atoms with E-state index in [1.807, 2.05) is 48.5 Å². The number of likely N-dealkylation sites (N-methyl/N-ethyl adjacent to an activating group) is 1. The summed E-state index contributed by atoms with van der Waals surface area (Å²) >= 11 is 12.1. The molecule has 0 radical (unpaired) electrons. The third kappa shape index (κ3) is 6.12. The number of sulfonamides is 1. The molecule has 1 saturated heterocycles. The number of carbonyl (C=O) groups excluding carboxylic acids is 1. The Hall–Kier alpha value is -3.11. The Kier molecular flexibility index (Phi) is 9.09. The number of carboxylic acid groups (broad SMARTS) is 1. The molecule has 1 heterocycles. The first-order valence-corrected chi connectivity index (χ1v) is 14.8. The smallest absolute Gasteiger partial charge is 0.326 e. The van der Waals surface area contributed by atoms with E-state index in [0.29, 0.717) is 17.7 Å². The summed E-state index contributed by atoms with van der Waals surface area (Å²) < 4.78 is 33.6. The lowest BCUT2D eigenvalue weighted by molar-refractivity contribution is -0.150. The Bertz CT molecular complexity index is 1490. The predicted molar refractivity (Wildman–Crippen MR) is 154 cm³/mol. The van der Waals surface area contributed by atoms with Crippen molar-refractivity contribution in [3.05, 3.63) is 82.3 Å². The van der Waals surface area contributed by atoms with Crippen LogP contribution in [-0.2, 0) is 26.0 Å². The first kappa shape index (κ1) is 29.9. The van der Waals surface area contributed by atoms with Gasteiger partial charge in [-0.15, -0.1) is 0 Å². The number of rotatable bonds is 9. The van der Waals surface area contributed by atoms with Gasteiger partial charge in [0.2, 0.25) is 15.9 Å². The molecule has 0 bridgehead atoms. The highest BCUT2D eigenvalue weighted by molar-refractivity contribution is 7.89. The first-order valence-electron chi connectivity index (χ1n) is 12.6. The molecule has 3 atom stereocenters. The van der Waals surface area contributed by atoms with E-state index in [4.69, 9.17) is 27.9 Å². The van der Waals surface area contributed by atoms with Crippen LogP contribution < -0.4 is 4.74 Å². The van der Waals surface area contributed by atoms with Crippen molar-refractivity contribution < 1.29 is 27.9 Å². The molecule has 212 valence electrons. The Morgan fingerprint density at radius 3 is 2.30 bits per heavy atom. The summed E-state index contributed by atoms with van der Waals surface area (Å²) in [5, 5.41) is 10.4. The number of ether oxygens (including phenoxy) is 1. The van der Waals surface area contributed by atoms with Gasteiger partial charge in [-0.25, -0.2) is 13.2 Å². The maximum Gasteiger partial charge on any atom is 0.326 e. The third-order valence-electron chi connectivity index (χ3n) is 7.25. The minimum absolute atomic E-state index is 0.0432. The van der Waals surface area contributed by atoms with Gasteiger partial charge in [-0.3, -0.25) is 4.79 Å². The van der Waals surface area contributed by atoms with Crippen molar-refractivity contribution in [3.63, 3.8) is 0 Å². The lowest BCUT2D eigenvalue weighted by Gasteiger charge is -2.32. The van der Waals surface area contributed by atoms with E-state index in [9.17, 15) is 23.1 Å². The lowest BCUT2D eigenvalue weighted by atomic mass is 9.98. The van der Waals surface area contributed by atoms with Gasteiger partial charge in [0, 0.05) is 35.6 Å². The lowest BCUT2D eigenvalue weighted by Crippen LogP contribution is -2.53. The zero-order valence-corrected chi connectivity index (χ0v) is 24.6. The minimum Gasteiger partial charge on any atom is -0.496 e. The second-order valence-corrected chi connectivity index (χ2v) is 12.6. The molecule has 8 nitrogen and oxygen atoms in total. The Morgan fingerprint density at radius 2 is 1.70 bits per heavy atom. The largest absolute Gasteiger partial charge is 0.496 e. The van der Waals surface area contributed by atoms with Crippen molar-refractivity contribution in [1.82, 2.24) is 9.21 Å². The summed E-state index contributed by atoms with van der Waals surface area (Å²) in [4.78, 5) is 27.1. The zero-order valence-electron chi connectivity index (χ0n) is 22.3. The van der Waals surface area contributed by atoms with E-state index in [0.717, 1.165) is 20.3 Å². The fraction of sp³-hybridized carbons (Fsp3) is 0.310. The van der Waals surface area contributed by atoms with Crippen LogP contribution in [0.25, 0.3) is 11.1 Å². The molecule has 2 unspecified atom stereocenters. The van der Waals surface area contributed by atoms with E-state index < -0.39 is 34.0 Å². The average molecular weight is 606 g/mol. The molecule has 4 rings (SSSR count). The van der Waals surface area contributed by atoms with Crippen LogP contribution in [0, 0.1) is 5.92 Å². The van der Waals surface area contributed by atoms with Gasteiger partial charge in [-0.05, 0) is 47.7 Å². The van der Waals surface area contributed by atoms with Crippen molar-refractivity contribution in [2.75, 3.05) is 20.7 Å². The molecule has 0 spiro atoms. The molecule has 0 aromatic heterocycles. The average Bonchev–Trinajstić information content (AvgIpc) is 3.32. The molecule has 11 heteroatoms. The minimum atomic E-state index is -4.13. The number of carboxylic acids is 1. The maximum atomic E-state index is 13.7. The predicted octanol–water partition coefficient (Wildman–Crippen LogP) is 5.22. The van der Waals surface area contributed by atoms with Crippen LogP contribution in [0.2, 0.25) is 10.0 Å². The Labute approximate surface area is 244 Å². The van der Waals surface area contributed by atoms with E-state index in [-0.39, 0.29) is 33.8 Å². The number of benzene rings is 3. The monoisotopic (exact) mass is 604 g/mol. The maximum absolute atomic E-state index is 13.7. The van der Waals surface area contributed by atoms with Gasteiger partial charge in [0.25, 0.3) is 0 Å². The molecule has 1 aliphatic heterocycles. The van der Waals surface area contributed by atoms with Crippen LogP contribution in [0.4, 0.5) is 0 Å². The summed E-state index contributed by atoms with van der Waals surface area (Å²) in [6.07, 6.45) is 0.488. The number of para-hydroxylation sites is 1. The Balaban J connectivity index is 1.57. The molecular formula is C29H30Cl2N2O6S. The van der Waals surface area contributed by atoms with Crippen LogP contribution in [0.5, 0.6) is 5.75 Å². The van der Waals surface area contributed by atoms with Gasteiger partial charge in [-0.2, -0.15) is 4.31 Å². The van der Waals surface area contributed by atoms with Gasteiger partial charge >= 0.3 is 5.97 Å².